The van der Waals surface area contributed by atoms with E-state index in [2.05, 4.69) is 9.97 Å². The molecule has 13 heavy (non-hydrogen) atoms. The fraction of sp³-hybridized carbons (Fsp3) is 0.222. The highest BCUT2D eigenvalue weighted by Gasteiger charge is 2.02. The van der Waals surface area contributed by atoms with Gasteiger partial charge in [0.1, 0.15) is 0 Å². The Morgan fingerprint density at radius 2 is 2.38 bits per heavy atom. The summed E-state index contributed by atoms with van der Waals surface area (Å²) in [5.41, 5.74) is 2.92. The molecule has 2 rings (SSSR count). The van der Waals surface area contributed by atoms with E-state index in [9.17, 15) is 0 Å². The molecule has 0 aliphatic rings. The Hall–Kier alpha value is -1.22. The van der Waals surface area contributed by atoms with Gasteiger partial charge in [0, 0.05) is 5.88 Å². The minimum atomic E-state index is 0.511. The predicted octanol–water partition coefficient (Wildman–Crippen LogP) is 2.31. The van der Waals surface area contributed by atoms with E-state index in [-0.39, 0.29) is 0 Å². The molecule has 0 fully saturated rings. The summed E-state index contributed by atoms with van der Waals surface area (Å²) in [6.45, 7) is 0. The Labute approximate surface area is 80.7 Å². The van der Waals surface area contributed by atoms with Crippen LogP contribution in [0.3, 0.4) is 0 Å². The lowest BCUT2D eigenvalue weighted by atomic mass is 10.2. The molecular weight excluding hydrogens is 188 g/mol. The summed E-state index contributed by atoms with van der Waals surface area (Å²) in [6, 6.07) is 6.38. The van der Waals surface area contributed by atoms with Crippen LogP contribution < -0.4 is 4.74 Å². The average molecular weight is 197 g/mol. The zero-order valence-corrected chi connectivity index (χ0v) is 7.93. The second-order valence-corrected chi connectivity index (χ2v) is 3.00. The predicted molar refractivity (Wildman–Crippen MR) is 52.2 cm³/mol. The van der Waals surface area contributed by atoms with Gasteiger partial charge in [0.15, 0.2) is 0 Å². The van der Waals surface area contributed by atoms with Gasteiger partial charge >= 0.3 is 0 Å². The number of aromatic amines is 1. The molecule has 0 bridgehead atoms. The van der Waals surface area contributed by atoms with Gasteiger partial charge in [0.05, 0.1) is 18.1 Å². The van der Waals surface area contributed by atoms with Crippen LogP contribution in [0.25, 0.3) is 11.0 Å². The van der Waals surface area contributed by atoms with Gasteiger partial charge in [0.2, 0.25) is 0 Å². The number of nitrogens with zero attached hydrogens (tertiary/aromatic N) is 1. The van der Waals surface area contributed by atoms with Crippen molar-refractivity contribution in [1.29, 1.82) is 0 Å². The van der Waals surface area contributed by atoms with Crippen molar-refractivity contribution in [1.82, 2.24) is 9.97 Å². The van der Waals surface area contributed by atoms with Crippen LogP contribution in [0.1, 0.15) is 5.56 Å². The van der Waals surface area contributed by atoms with Crippen LogP contribution in [0.2, 0.25) is 0 Å². The molecule has 1 aromatic heterocycles. The van der Waals surface area contributed by atoms with Gasteiger partial charge in [-0.15, -0.1) is 11.6 Å². The molecular formula is C9H9ClN2O. The van der Waals surface area contributed by atoms with Gasteiger partial charge in [0.25, 0.3) is 6.01 Å². The number of benzene rings is 1. The smallest absolute Gasteiger partial charge is 0.294 e. The normalized spacial score (nSPS) is 10.6. The van der Waals surface area contributed by atoms with Crippen LogP contribution in [-0.2, 0) is 5.88 Å². The van der Waals surface area contributed by atoms with E-state index in [0.717, 1.165) is 16.6 Å². The van der Waals surface area contributed by atoms with Crippen molar-refractivity contribution in [3.8, 4) is 6.01 Å². The first-order chi connectivity index (χ1) is 6.33. The molecule has 2 aromatic rings. The summed E-state index contributed by atoms with van der Waals surface area (Å²) in [7, 11) is 1.58. The maximum atomic E-state index is 5.70. The van der Waals surface area contributed by atoms with E-state index in [1.807, 2.05) is 18.2 Å². The standard InChI is InChI=1S/C9H9ClN2O/c1-13-9-11-7-3-2-6(5-10)4-8(7)12-9/h2-4H,5H2,1H3,(H,11,12). The SMILES string of the molecule is COc1nc2ccc(CCl)cc2[nH]1. The lowest BCUT2D eigenvalue weighted by Crippen LogP contribution is -1.82. The first kappa shape index (κ1) is 8.38. The topological polar surface area (TPSA) is 37.9 Å². The van der Waals surface area contributed by atoms with E-state index >= 15 is 0 Å². The third-order valence-corrected chi connectivity index (χ3v) is 2.18. The minimum absolute atomic E-state index is 0.511. The van der Waals surface area contributed by atoms with Crippen LogP contribution in [0.15, 0.2) is 18.2 Å². The quantitative estimate of drug-likeness (QED) is 0.749. The third kappa shape index (κ3) is 1.47. The van der Waals surface area contributed by atoms with Gasteiger partial charge < -0.3 is 9.72 Å². The Bertz CT molecular complexity index is 422. The molecule has 0 atom stereocenters. The lowest BCUT2D eigenvalue weighted by Gasteiger charge is -1.92. The fourth-order valence-corrected chi connectivity index (χ4v) is 1.38. The molecule has 4 heteroatoms. The van der Waals surface area contributed by atoms with Crippen molar-refractivity contribution >= 4 is 22.6 Å². The van der Waals surface area contributed by atoms with Crippen LogP contribution in [0, 0.1) is 0 Å². The number of hydrogen-bond acceptors (Lipinski definition) is 2. The molecule has 0 aliphatic heterocycles. The molecule has 0 spiro atoms. The number of alkyl halides is 1. The number of H-pyrrole nitrogens is 1. The highest BCUT2D eigenvalue weighted by Crippen LogP contribution is 2.17. The molecule has 1 N–H and O–H groups in total. The molecule has 1 heterocycles. The number of halogens is 1. The van der Waals surface area contributed by atoms with Crippen LogP contribution in [-0.4, -0.2) is 17.1 Å². The summed E-state index contributed by atoms with van der Waals surface area (Å²) >= 11 is 5.70. The van der Waals surface area contributed by atoms with Gasteiger partial charge in [-0.2, -0.15) is 4.98 Å². The van der Waals surface area contributed by atoms with Gasteiger partial charge in [-0.1, -0.05) is 6.07 Å². The Kier molecular flexibility index (Phi) is 2.10. The summed E-state index contributed by atoms with van der Waals surface area (Å²) < 4.78 is 4.97. The lowest BCUT2D eigenvalue weighted by molar-refractivity contribution is 0.386. The molecule has 0 amide bonds. The van der Waals surface area contributed by atoms with Gasteiger partial charge in [-0.25, -0.2) is 0 Å². The van der Waals surface area contributed by atoms with E-state index in [1.165, 1.54) is 0 Å². The summed E-state index contributed by atoms with van der Waals surface area (Å²) in [4.78, 5) is 7.21. The van der Waals surface area contributed by atoms with Crippen molar-refractivity contribution in [3.05, 3.63) is 23.8 Å². The van der Waals surface area contributed by atoms with Crippen molar-refractivity contribution < 1.29 is 4.74 Å². The molecule has 0 aliphatic carbocycles. The number of rotatable bonds is 2. The highest BCUT2D eigenvalue weighted by atomic mass is 35.5. The average Bonchev–Trinajstić information content (AvgIpc) is 2.58. The summed E-state index contributed by atoms with van der Waals surface area (Å²) in [5.74, 6) is 0.511. The molecule has 3 nitrogen and oxygen atoms in total. The molecule has 68 valence electrons. The largest absolute Gasteiger partial charge is 0.468 e. The monoisotopic (exact) mass is 196 g/mol. The van der Waals surface area contributed by atoms with Crippen molar-refractivity contribution in [2.75, 3.05) is 7.11 Å². The fourth-order valence-electron chi connectivity index (χ4n) is 1.21. The first-order valence-electron chi connectivity index (χ1n) is 3.92. The van der Waals surface area contributed by atoms with Gasteiger partial charge in [-0.3, -0.25) is 0 Å². The van der Waals surface area contributed by atoms with Crippen molar-refractivity contribution in [2.24, 2.45) is 0 Å². The second-order valence-electron chi connectivity index (χ2n) is 2.73. The molecule has 0 radical (unpaired) electrons. The summed E-state index contributed by atoms with van der Waals surface area (Å²) in [6.07, 6.45) is 0. The third-order valence-electron chi connectivity index (χ3n) is 1.87. The van der Waals surface area contributed by atoms with E-state index in [4.69, 9.17) is 16.3 Å². The van der Waals surface area contributed by atoms with E-state index < -0.39 is 0 Å². The van der Waals surface area contributed by atoms with Crippen LogP contribution >= 0.6 is 11.6 Å². The highest BCUT2D eigenvalue weighted by molar-refractivity contribution is 6.17. The van der Waals surface area contributed by atoms with Crippen molar-refractivity contribution in [2.45, 2.75) is 5.88 Å². The maximum Gasteiger partial charge on any atom is 0.294 e. The zero-order chi connectivity index (χ0) is 9.26. The second kappa shape index (κ2) is 3.26. The molecule has 0 saturated carbocycles. The molecule has 1 aromatic carbocycles. The maximum absolute atomic E-state index is 5.70. The molecule has 0 saturated heterocycles. The summed E-state index contributed by atoms with van der Waals surface area (Å²) in [5, 5.41) is 0. The Balaban J connectivity index is 2.57. The zero-order valence-electron chi connectivity index (χ0n) is 7.17. The Morgan fingerprint density at radius 3 is 3.08 bits per heavy atom. The van der Waals surface area contributed by atoms with Crippen LogP contribution in [0.5, 0.6) is 6.01 Å². The van der Waals surface area contributed by atoms with E-state index in [0.29, 0.717) is 11.9 Å². The number of aromatic nitrogens is 2. The number of fused-ring (bicyclic) bond motifs is 1. The Morgan fingerprint density at radius 1 is 1.54 bits per heavy atom. The first-order valence-corrected chi connectivity index (χ1v) is 4.45. The minimum Gasteiger partial charge on any atom is -0.468 e. The van der Waals surface area contributed by atoms with E-state index in [1.54, 1.807) is 7.11 Å². The van der Waals surface area contributed by atoms with Crippen molar-refractivity contribution in [3.63, 3.8) is 0 Å². The number of hydrogen-bond donors (Lipinski definition) is 1. The molecule has 0 unspecified atom stereocenters. The number of methoxy groups -OCH3 is 1. The number of nitrogens with one attached hydrogen (secondary N) is 1. The van der Waals surface area contributed by atoms with Gasteiger partial charge in [-0.05, 0) is 17.7 Å². The number of imidazole rings is 1. The van der Waals surface area contributed by atoms with Crippen LogP contribution in [0.4, 0.5) is 0 Å². The number of ether oxygens (including phenoxy) is 1.